The van der Waals surface area contributed by atoms with Gasteiger partial charge in [-0.15, -0.1) is 0 Å². The summed E-state index contributed by atoms with van der Waals surface area (Å²) in [6.07, 6.45) is 6.72. The molecule has 7 heteroatoms. The van der Waals surface area contributed by atoms with Gasteiger partial charge in [0.25, 0.3) is 0 Å². The number of esters is 1. The van der Waals surface area contributed by atoms with Gasteiger partial charge in [-0.3, -0.25) is 4.79 Å². The first kappa shape index (κ1) is 22.9. The zero-order chi connectivity index (χ0) is 25.0. The predicted octanol–water partition coefficient (Wildman–Crippen LogP) is 2.71. The van der Waals surface area contributed by atoms with Crippen LogP contribution in [0.2, 0.25) is 0 Å². The number of cyclic esters (lactones) is 1. The van der Waals surface area contributed by atoms with Gasteiger partial charge >= 0.3 is 5.97 Å². The number of hydrogen-bond acceptors (Lipinski definition) is 7. The molecule has 3 aliphatic heterocycles. The Kier molecular flexibility index (Phi) is 4.07. The van der Waals surface area contributed by atoms with E-state index in [1.807, 2.05) is 20.8 Å². The van der Waals surface area contributed by atoms with E-state index in [9.17, 15) is 19.8 Å². The molecule has 3 saturated carbocycles. The van der Waals surface area contributed by atoms with Gasteiger partial charge in [-0.05, 0) is 82.1 Å². The van der Waals surface area contributed by atoms with Crippen LogP contribution in [0, 0.1) is 34.5 Å². The number of ether oxygens (including phenoxy) is 3. The average molecular weight is 487 g/mol. The molecule has 0 aromatic rings. The largest absolute Gasteiger partial charge is 0.460 e. The van der Waals surface area contributed by atoms with Crippen LogP contribution in [0.25, 0.3) is 0 Å². The smallest absolute Gasteiger partial charge is 0.341 e. The Bertz CT molecular complexity index is 1070. The Balaban J connectivity index is 1.21. The van der Waals surface area contributed by atoms with E-state index >= 15 is 0 Å². The van der Waals surface area contributed by atoms with Crippen molar-refractivity contribution in [3.63, 3.8) is 0 Å². The van der Waals surface area contributed by atoms with Crippen LogP contribution < -0.4 is 0 Å². The quantitative estimate of drug-likeness (QED) is 0.456. The Labute approximate surface area is 206 Å². The van der Waals surface area contributed by atoms with Gasteiger partial charge in [0.1, 0.15) is 23.4 Å². The summed E-state index contributed by atoms with van der Waals surface area (Å²) in [5, 5.41) is 24.1. The van der Waals surface area contributed by atoms with E-state index in [1.165, 1.54) is 0 Å². The summed E-state index contributed by atoms with van der Waals surface area (Å²) >= 11 is 0. The highest BCUT2D eigenvalue weighted by Crippen LogP contribution is 2.73. The Morgan fingerprint density at radius 3 is 2.49 bits per heavy atom. The summed E-state index contributed by atoms with van der Waals surface area (Å²) in [7, 11) is 0. The molecule has 0 spiro atoms. The predicted molar refractivity (Wildman–Crippen MR) is 124 cm³/mol. The van der Waals surface area contributed by atoms with E-state index in [4.69, 9.17) is 14.2 Å². The molecule has 4 aliphatic carbocycles. The topological polar surface area (TPSA) is 109 Å². The number of carbonyl (C=O) groups is 2. The van der Waals surface area contributed by atoms with Gasteiger partial charge in [0.2, 0.25) is 0 Å². The van der Waals surface area contributed by atoms with Crippen LogP contribution >= 0.6 is 0 Å². The molecule has 192 valence electrons. The van der Waals surface area contributed by atoms with Crippen molar-refractivity contribution in [2.75, 3.05) is 0 Å². The van der Waals surface area contributed by atoms with Gasteiger partial charge in [-0.2, -0.15) is 0 Å². The van der Waals surface area contributed by atoms with Crippen molar-refractivity contribution in [2.45, 2.75) is 114 Å². The van der Waals surface area contributed by atoms with Crippen molar-refractivity contribution >= 4 is 11.8 Å². The molecule has 0 unspecified atom stereocenters. The minimum atomic E-state index is -1.15. The molecule has 7 aliphatic rings. The Morgan fingerprint density at radius 2 is 1.77 bits per heavy atom. The van der Waals surface area contributed by atoms with E-state index in [1.54, 1.807) is 19.1 Å². The molecule has 7 rings (SSSR count). The summed E-state index contributed by atoms with van der Waals surface area (Å²) in [5.41, 5.74) is -4.79. The molecule has 0 bridgehead atoms. The van der Waals surface area contributed by atoms with Crippen LogP contribution in [-0.2, 0) is 23.8 Å². The van der Waals surface area contributed by atoms with Crippen LogP contribution in [0.1, 0.15) is 73.1 Å². The maximum Gasteiger partial charge on any atom is 0.341 e. The number of allylic oxidation sites excluding steroid dienone is 1. The summed E-state index contributed by atoms with van der Waals surface area (Å²) < 4.78 is 17.9. The lowest BCUT2D eigenvalue weighted by Gasteiger charge is -2.61. The molecule has 3 heterocycles. The zero-order valence-electron chi connectivity index (χ0n) is 21.4. The molecular weight excluding hydrogens is 448 g/mol. The lowest BCUT2D eigenvalue weighted by molar-refractivity contribution is -0.205. The summed E-state index contributed by atoms with van der Waals surface area (Å²) in [4.78, 5) is 26.0. The summed E-state index contributed by atoms with van der Waals surface area (Å²) in [6.45, 7) is 9.93. The molecule has 3 saturated heterocycles. The van der Waals surface area contributed by atoms with E-state index in [0.717, 1.165) is 19.3 Å². The second-order valence-corrected chi connectivity index (χ2v) is 13.6. The standard InChI is InChI=1S/C28H38O7/c1-14(17-13-24(3)26(5,35-24)22(30)33-17)27(31)12-9-15-19-16(8-11-23(15,27)2)25(4)18(29)7-6-10-28(25,32)21-20(19)34-21/h6-7,14-17,19-21,31-32H,8-13H2,1-5H3/t14-,15+,16+,17-,19+,20+,21+,23+,24+,25+,26-,27-,28+/m1/s1. The Hall–Kier alpha value is -1.28. The lowest BCUT2D eigenvalue weighted by Crippen LogP contribution is -2.68. The van der Waals surface area contributed by atoms with Crippen molar-refractivity contribution in [3.8, 4) is 0 Å². The van der Waals surface area contributed by atoms with Gasteiger partial charge in [0.05, 0.1) is 17.1 Å². The van der Waals surface area contributed by atoms with E-state index in [0.29, 0.717) is 19.3 Å². The third-order valence-corrected chi connectivity index (χ3v) is 12.7. The number of ketones is 1. The number of epoxide rings is 2. The van der Waals surface area contributed by atoms with Crippen LogP contribution in [0.3, 0.4) is 0 Å². The molecular formula is C28H38O7. The maximum absolute atomic E-state index is 13.3. The molecule has 0 radical (unpaired) electrons. The van der Waals surface area contributed by atoms with Crippen molar-refractivity contribution in [1.82, 2.24) is 0 Å². The highest BCUT2D eigenvalue weighted by Gasteiger charge is 2.79. The monoisotopic (exact) mass is 486 g/mol. The summed E-state index contributed by atoms with van der Waals surface area (Å²) in [6, 6.07) is 0. The first-order valence-corrected chi connectivity index (χ1v) is 13.5. The third-order valence-electron chi connectivity index (χ3n) is 12.7. The highest BCUT2D eigenvalue weighted by molar-refractivity contribution is 5.97. The molecule has 35 heavy (non-hydrogen) atoms. The number of aliphatic hydroxyl groups is 2. The van der Waals surface area contributed by atoms with Gasteiger partial charge < -0.3 is 24.4 Å². The molecule has 0 amide bonds. The van der Waals surface area contributed by atoms with Crippen LogP contribution in [0.15, 0.2) is 12.2 Å². The third kappa shape index (κ3) is 2.31. The van der Waals surface area contributed by atoms with Crippen molar-refractivity contribution < 1.29 is 34.0 Å². The second-order valence-electron chi connectivity index (χ2n) is 13.6. The van der Waals surface area contributed by atoms with Crippen LogP contribution in [0.4, 0.5) is 0 Å². The van der Waals surface area contributed by atoms with Crippen molar-refractivity contribution in [3.05, 3.63) is 12.2 Å². The number of carbonyl (C=O) groups excluding carboxylic acids is 2. The SMILES string of the molecule is C[C@H]([C@H]1C[C@]2(C)O[C@]2(C)C(=O)O1)[C@]1(O)CC[C@H]2[C@@H]3[C@@H]4O[C@@H]4[C@@]4(O)CC=CC(=O)[C@]4(C)[C@H]3CC[C@@]21C. The van der Waals surface area contributed by atoms with E-state index in [2.05, 4.69) is 6.92 Å². The Morgan fingerprint density at radius 1 is 1.06 bits per heavy atom. The first-order valence-electron chi connectivity index (χ1n) is 13.5. The summed E-state index contributed by atoms with van der Waals surface area (Å²) in [5.74, 6) is -0.225. The fraction of sp³-hybridized carbons (Fsp3) is 0.857. The number of fused-ring (bicyclic) bond motifs is 9. The first-order chi connectivity index (χ1) is 16.3. The molecule has 7 nitrogen and oxygen atoms in total. The molecule has 6 fully saturated rings. The zero-order valence-corrected chi connectivity index (χ0v) is 21.4. The lowest BCUT2D eigenvalue weighted by atomic mass is 9.43. The fourth-order valence-corrected chi connectivity index (χ4v) is 9.97. The minimum absolute atomic E-state index is 0.00951. The van der Waals surface area contributed by atoms with E-state index in [-0.39, 0.29) is 53.0 Å². The number of rotatable bonds is 2. The van der Waals surface area contributed by atoms with Crippen LogP contribution in [-0.4, -0.2) is 62.7 Å². The average Bonchev–Trinajstić information content (AvgIpc) is 3.67. The van der Waals surface area contributed by atoms with Crippen LogP contribution in [0.5, 0.6) is 0 Å². The van der Waals surface area contributed by atoms with Gasteiger partial charge in [0.15, 0.2) is 11.4 Å². The molecule has 13 atom stereocenters. The highest BCUT2D eigenvalue weighted by atomic mass is 16.7. The minimum Gasteiger partial charge on any atom is -0.460 e. The molecule has 0 aromatic carbocycles. The van der Waals surface area contributed by atoms with Gasteiger partial charge in [-0.25, -0.2) is 4.79 Å². The van der Waals surface area contributed by atoms with E-state index < -0.39 is 33.9 Å². The normalized spacial score (nSPS) is 62.6. The second kappa shape index (κ2) is 6.23. The molecule has 2 N–H and O–H groups in total. The number of hydrogen-bond donors (Lipinski definition) is 2. The fourth-order valence-electron chi connectivity index (χ4n) is 9.97. The van der Waals surface area contributed by atoms with Gasteiger partial charge in [-0.1, -0.05) is 19.9 Å². The van der Waals surface area contributed by atoms with Crippen molar-refractivity contribution in [2.24, 2.45) is 34.5 Å². The van der Waals surface area contributed by atoms with Gasteiger partial charge in [0, 0.05) is 12.3 Å². The molecule has 0 aromatic heterocycles. The maximum atomic E-state index is 13.3. The van der Waals surface area contributed by atoms with Crippen molar-refractivity contribution in [1.29, 1.82) is 0 Å².